The molecule has 0 saturated heterocycles. The molecule has 0 bridgehead atoms. The third kappa shape index (κ3) is 3.96. The zero-order valence-electron chi connectivity index (χ0n) is 12.2. The van der Waals surface area contributed by atoms with Crippen molar-refractivity contribution in [3.8, 4) is 5.75 Å². The zero-order valence-corrected chi connectivity index (χ0v) is 15.3. The van der Waals surface area contributed by atoms with E-state index in [1.54, 1.807) is 30.3 Å². The molecule has 3 aromatic rings. The number of ether oxygens (including phenoxy) is 1. The Morgan fingerprint density at radius 3 is 2.79 bits per heavy atom. The Kier molecular flexibility index (Phi) is 5.20. The van der Waals surface area contributed by atoms with Crippen LogP contribution in [0.2, 0.25) is 5.02 Å². The van der Waals surface area contributed by atoms with Crippen LogP contribution in [-0.4, -0.2) is 17.5 Å². The topological polar surface area (TPSA) is 89.3 Å². The summed E-state index contributed by atoms with van der Waals surface area (Å²) < 4.78 is 7.08. The minimum Gasteiger partial charge on any atom is -0.484 e. The number of hydrogen-bond acceptors (Lipinski definition) is 6. The molecule has 0 aliphatic rings. The van der Waals surface area contributed by atoms with Crippen molar-refractivity contribution in [3.63, 3.8) is 0 Å². The maximum Gasteiger partial charge on any atom is 0.262 e. The minimum atomic E-state index is -0.266. The van der Waals surface area contributed by atoms with Gasteiger partial charge in [0.15, 0.2) is 11.7 Å². The lowest BCUT2D eigenvalue weighted by Gasteiger charge is -2.08. The van der Waals surface area contributed by atoms with Crippen LogP contribution in [0.4, 0.5) is 10.8 Å². The Labute approximate surface area is 155 Å². The van der Waals surface area contributed by atoms with Crippen LogP contribution in [0, 0.1) is 0 Å². The second-order valence-corrected chi connectivity index (χ2v) is 7.08. The van der Waals surface area contributed by atoms with Gasteiger partial charge in [0.1, 0.15) is 5.75 Å². The fourth-order valence-corrected chi connectivity index (χ4v) is 3.65. The van der Waals surface area contributed by atoms with Crippen molar-refractivity contribution >= 4 is 65.8 Å². The summed E-state index contributed by atoms with van der Waals surface area (Å²) in [7, 11) is 0. The highest BCUT2D eigenvalue weighted by Gasteiger charge is 2.10. The van der Waals surface area contributed by atoms with Crippen LogP contribution in [-0.2, 0) is 4.79 Å². The highest BCUT2D eigenvalue weighted by molar-refractivity contribution is 9.10. The number of amides is 1. The molecule has 0 atom stereocenters. The van der Waals surface area contributed by atoms with Crippen LogP contribution in [0.1, 0.15) is 0 Å². The predicted octanol–water partition coefficient (Wildman–Crippen LogP) is 4.02. The fourth-order valence-electron chi connectivity index (χ4n) is 2.00. The summed E-state index contributed by atoms with van der Waals surface area (Å²) in [5, 5.41) is 4.00. The maximum absolute atomic E-state index is 12.0. The van der Waals surface area contributed by atoms with E-state index in [9.17, 15) is 4.79 Å². The average molecular weight is 428 g/mol. The van der Waals surface area contributed by atoms with Crippen LogP contribution in [0.5, 0.6) is 5.75 Å². The van der Waals surface area contributed by atoms with E-state index >= 15 is 0 Å². The van der Waals surface area contributed by atoms with E-state index in [4.69, 9.17) is 22.2 Å². The lowest BCUT2D eigenvalue weighted by molar-refractivity contribution is -0.118. The molecule has 0 aliphatic heterocycles. The number of rotatable bonds is 5. The van der Waals surface area contributed by atoms with Gasteiger partial charge in [-0.25, -0.2) is 10.8 Å². The third-order valence-electron chi connectivity index (χ3n) is 3.04. The van der Waals surface area contributed by atoms with Crippen molar-refractivity contribution in [1.29, 1.82) is 0 Å². The number of aromatic nitrogens is 1. The van der Waals surface area contributed by atoms with Crippen molar-refractivity contribution in [2.75, 3.05) is 17.3 Å². The molecule has 0 radical (unpaired) electrons. The Hall–Kier alpha value is -1.87. The maximum atomic E-state index is 12.0. The largest absolute Gasteiger partial charge is 0.484 e. The van der Waals surface area contributed by atoms with Gasteiger partial charge in [0.2, 0.25) is 0 Å². The van der Waals surface area contributed by atoms with Gasteiger partial charge in [-0.3, -0.25) is 10.2 Å². The summed E-state index contributed by atoms with van der Waals surface area (Å²) in [5.74, 6) is 5.69. The van der Waals surface area contributed by atoms with E-state index in [-0.39, 0.29) is 12.5 Å². The smallest absolute Gasteiger partial charge is 0.262 e. The molecule has 6 nitrogen and oxygen atoms in total. The molecule has 124 valence electrons. The minimum absolute atomic E-state index is 0.102. The molecule has 0 fully saturated rings. The number of nitrogens with zero attached hydrogens (tertiary/aromatic N) is 1. The van der Waals surface area contributed by atoms with E-state index < -0.39 is 0 Å². The van der Waals surface area contributed by atoms with Crippen molar-refractivity contribution in [2.45, 2.75) is 0 Å². The number of nitrogens with two attached hydrogens (primary N) is 1. The van der Waals surface area contributed by atoms with Crippen LogP contribution in [0.15, 0.2) is 40.9 Å². The number of hydrazine groups is 1. The van der Waals surface area contributed by atoms with Gasteiger partial charge in [0, 0.05) is 15.2 Å². The number of carbonyl (C=O) groups is 1. The molecule has 4 N–H and O–H groups in total. The number of anilines is 2. The van der Waals surface area contributed by atoms with Gasteiger partial charge in [0.25, 0.3) is 5.91 Å². The molecule has 24 heavy (non-hydrogen) atoms. The van der Waals surface area contributed by atoms with Crippen molar-refractivity contribution in [2.24, 2.45) is 5.84 Å². The second-order valence-electron chi connectivity index (χ2n) is 4.76. The number of carbonyl (C=O) groups excluding carboxylic acids is 1. The molecule has 0 saturated carbocycles. The second kappa shape index (κ2) is 7.35. The number of benzene rings is 2. The lowest BCUT2D eigenvalue weighted by atomic mass is 10.3. The molecule has 3 rings (SSSR count). The van der Waals surface area contributed by atoms with Crippen LogP contribution < -0.4 is 21.3 Å². The molecule has 2 aromatic carbocycles. The summed E-state index contributed by atoms with van der Waals surface area (Å²) in [5.41, 5.74) is 3.94. The first-order chi connectivity index (χ1) is 11.5. The Bertz CT molecular complexity index is 885. The fraction of sp³-hybridized carbons (Fsp3) is 0.0667. The highest BCUT2D eigenvalue weighted by atomic mass is 79.9. The summed E-state index contributed by atoms with van der Waals surface area (Å²) >= 11 is 10.6. The predicted molar refractivity (Wildman–Crippen MR) is 101 cm³/mol. The highest BCUT2D eigenvalue weighted by Crippen LogP contribution is 2.33. The molecule has 0 spiro atoms. The number of fused-ring (bicyclic) bond motifs is 1. The number of thiazole rings is 1. The normalized spacial score (nSPS) is 10.6. The zero-order chi connectivity index (χ0) is 17.1. The van der Waals surface area contributed by atoms with Gasteiger partial charge in [0.05, 0.1) is 10.2 Å². The van der Waals surface area contributed by atoms with Crippen LogP contribution in [0.25, 0.3) is 10.2 Å². The first-order valence-electron chi connectivity index (χ1n) is 6.80. The Morgan fingerprint density at radius 1 is 1.33 bits per heavy atom. The van der Waals surface area contributed by atoms with Crippen molar-refractivity contribution in [1.82, 2.24) is 4.98 Å². The van der Waals surface area contributed by atoms with E-state index in [1.165, 1.54) is 11.3 Å². The number of halogens is 2. The summed E-state index contributed by atoms with van der Waals surface area (Å²) in [6.45, 7) is -0.102. The SMILES string of the molecule is NNc1nc2c(Br)cc(NC(=O)COc3ccc(Cl)cc3)cc2s1. The van der Waals surface area contributed by atoms with Crippen LogP contribution in [0.3, 0.4) is 0 Å². The lowest BCUT2D eigenvalue weighted by Crippen LogP contribution is -2.20. The third-order valence-corrected chi connectivity index (χ3v) is 4.83. The summed E-state index contributed by atoms with van der Waals surface area (Å²) in [6.07, 6.45) is 0. The quantitative estimate of drug-likeness (QED) is 0.423. The first kappa shape index (κ1) is 17.0. The number of hydrogen-bond donors (Lipinski definition) is 3. The molecule has 1 aromatic heterocycles. The standard InChI is InChI=1S/C15H12BrClN4O2S/c16-11-5-9(6-12-14(11)20-15(21-18)24-12)19-13(22)7-23-10-3-1-8(17)2-4-10/h1-6H,7,18H2,(H,19,22)(H,20,21). The molecular weight excluding hydrogens is 416 g/mol. The van der Waals surface area contributed by atoms with Gasteiger partial charge in [-0.15, -0.1) is 0 Å². The van der Waals surface area contributed by atoms with Gasteiger partial charge in [-0.05, 0) is 52.3 Å². The first-order valence-corrected chi connectivity index (χ1v) is 8.79. The van der Waals surface area contributed by atoms with Crippen molar-refractivity contribution < 1.29 is 9.53 Å². The van der Waals surface area contributed by atoms with E-state index in [2.05, 4.69) is 31.7 Å². The average Bonchev–Trinajstić information content (AvgIpc) is 2.98. The summed E-state index contributed by atoms with van der Waals surface area (Å²) in [4.78, 5) is 16.4. The number of nitrogens with one attached hydrogen (secondary N) is 2. The van der Waals surface area contributed by atoms with Gasteiger partial charge in [-0.2, -0.15) is 0 Å². The van der Waals surface area contributed by atoms with Gasteiger partial charge >= 0.3 is 0 Å². The molecule has 0 unspecified atom stereocenters. The van der Waals surface area contributed by atoms with Crippen LogP contribution >= 0.6 is 38.9 Å². The number of nitrogen functional groups attached to an aromatic ring is 1. The molecule has 0 aliphatic carbocycles. The van der Waals surface area contributed by atoms with E-state index in [1.807, 2.05) is 6.07 Å². The van der Waals surface area contributed by atoms with Crippen molar-refractivity contribution in [3.05, 3.63) is 45.9 Å². The molecule has 1 heterocycles. The van der Waals surface area contributed by atoms with E-state index in [0.717, 1.165) is 14.7 Å². The molecule has 9 heteroatoms. The van der Waals surface area contributed by atoms with Gasteiger partial charge in [-0.1, -0.05) is 22.9 Å². The molecule has 1 amide bonds. The Morgan fingerprint density at radius 2 is 2.08 bits per heavy atom. The van der Waals surface area contributed by atoms with E-state index in [0.29, 0.717) is 21.6 Å². The summed E-state index contributed by atoms with van der Waals surface area (Å²) in [6, 6.07) is 10.4. The molecular formula is C15H12BrClN4O2S. The Balaban J connectivity index is 1.67. The monoisotopic (exact) mass is 426 g/mol. The van der Waals surface area contributed by atoms with Gasteiger partial charge < -0.3 is 10.1 Å².